The zero-order valence-electron chi connectivity index (χ0n) is 16.6. The minimum absolute atomic E-state index is 0. The molecule has 1 saturated heterocycles. The number of ether oxygens (including phenoxy) is 2. The molecule has 1 aliphatic rings. The zero-order valence-corrected chi connectivity index (χ0v) is 18.2. The van der Waals surface area contributed by atoms with Crippen LogP contribution in [0.2, 0.25) is 0 Å². The summed E-state index contributed by atoms with van der Waals surface area (Å²) in [6.07, 6.45) is 0. The normalized spacial score (nSPS) is 17.4. The van der Waals surface area contributed by atoms with Gasteiger partial charge in [0.25, 0.3) is 5.91 Å². The Labute approximate surface area is 173 Å². The Bertz CT molecular complexity index is 706. The highest BCUT2D eigenvalue weighted by Gasteiger charge is 2.26. The average molecular weight is 436 g/mol. The van der Waals surface area contributed by atoms with Gasteiger partial charge >= 0.3 is 0 Å². The summed E-state index contributed by atoms with van der Waals surface area (Å²) in [6, 6.07) is 6.24. The van der Waals surface area contributed by atoms with Gasteiger partial charge in [-0.25, -0.2) is 8.42 Å². The van der Waals surface area contributed by atoms with Crippen LogP contribution in [-0.2, 0) is 19.5 Å². The highest BCUT2D eigenvalue weighted by molar-refractivity contribution is 7.89. The molecule has 1 N–H and O–H groups in total. The van der Waals surface area contributed by atoms with Gasteiger partial charge in [-0.15, -0.1) is 12.4 Å². The van der Waals surface area contributed by atoms with E-state index in [9.17, 15) is 13.2 Å². The number of carbonyl (C=O) groups excluding carboxylic acids is 1. The first-order valence-corrected chi connectivity index (χ1v) is 10.5. The van der Waals surface area contributed by atoms with E-state index in [-0.39, 0.29) is 42.3 Å². The van der Waals surface area contributed by atoms with E-state index in [4.69, 9.17) is 9.47 Å². The molecule has 8 nitrogen and oxygen atoms in total. The maximum atomic E-state index is 12.9. The third kappa shape index (κ3) is 6.13. The number of hydrogen-bond donors (Lipinski definition) is 1. The SMILES string of the molecule is COCCN(CCOC)S(=O)(=O)c1ccc(C(=O)N2CCNC[C@H]2C)cc1.Cl. The lowest BCUT2D eigenvalue weighted by Gasteiger charge is -2.34. The Morgan fingerprint density at radius 1 is 1.18 bits per heavy atom. The van der Waals surface area contributed by atoms with Crippen LogP contribution in [0.3, 0.4) is 0 Å². The summed E-state index contributed by atoms with van der Waals surface area (Å²) in [4.78, 5) is 14.7. The van der Waals surface area contributed by atoms with Gasteiger partial charge in [0.1, 0.15) is 0 Å². The van der Waals surface area contributed by atoms with Crippen LogP contribution in [0.15, 0.2) is 29.2 Å². The van der Waals surface area contributed by atoms with E-state index in [1.807, 2.05) is 11.8 Å². The molecular weight excluding hydrogens is 406 g/mol. The largest absolute Gasteiger partial charge is 0.383 e. The van der Waals surface area contributed by atoms with E-state index in [1.54, 1.807) is 12.1 Å². The van der Waals surface area contributed by atoms with Crippen molar-refractivity contribution in [3.63, 3.8) is 0 Å². The number of carbonyl (C=O) groups is 1. The van der Waals surface area contributed by atoms with Crippen LogP contribution in [-0.4, -0.2) is 89.7 Å². The van der Waals surface area contributed by atoms with Crippen LogP contribution in [0.5, 0.6) is 0 Å². The van der Waals surface area contributed by atoms with E-state index >= 15 is 0 Å². The fraction of sp³-hybridized carbons (Fsp3) is 0.611. The minimum atomic E-state index is -3.69. The number of rotatable bonds is 9. The summed E-state index contributed by atoms with van der Waals surface area (Å²) in [7, 11) is -0.632. The number of nitrogens with zero attached hydrogens (tertiary/aromatic N) is 2. The first-order chi connectivity index (χ1) is 12.9. The van der Waals surface area contributed by atoms with Gasteiger partial charge in [0, 0.05) is 58.5 Å². The molecule has 1 atom stereocenters. The first kappa shape index (κ1) is 24.8. The topological polar surface area (TPSA) is 88.2 Å². The van der Waals surface area contributed by atoms with Crippen LogP contribution in [0.4, 0.5) is 0 Å². The fourth-order valence-electron chi connectivity index (χ4n) is 2.97. The Morgan fingerprint density at radius 2 is 1.75 bits per heavy atom. The van der Waals surface area contributed by atoms with Crippen molar-refractivity contribution in [2.45, 2.75) is 17.9 Å². The Hall–Kier alpha value is -1.23. The lowest BCUT2D eigenvalue weighted by atomic mass is 10.1. The van der Waals surface area contributed by atoms with Crippen LogP contribution >= 0.6 is 12.4 Å². The van der Waals surface area contributed by atoms with Gasteiger partial charge in [-0.3, -0.25) is 4.79 Å². The van der Waals surface area contributed by atoms with Crippen molar-refractivity contribution in [3.8, 4) is 0 Å². The molecule has 10 heteroatoms. The van der Waals surface area contributed by atoms with Crippen molar-refractivity contribution in [1.82, 2.24) is 14.5 Å². The standard InChI is InChI=1S/C18H29N3O5S.ClH/c1-15-14-19-8-9-21(15)18(22)16-4-6-17(7-5-16)27(23,24)20(10-12-25-2)11-13-26-3;/h4-7,15,19H,8-14H2,1-3H3;1H/t15-;/m1./s1. The molecule has 1 aromatic carbocycles. The molecule has 0 radical (unpaired) electrons. The summed E-state index contributed by atoms with van der Waals surface area (Å²) >= 11 is 0. The van der Waals surface area contributed by atoms with Gasteiger partial charge in [0.15, 0.2) is 0 Å². The molecule has 0 spiro atoms. The molecule has 1 heterocycles. The molecule has 1 aromatic rings. The van der Waals surface area contributed by atoms with Crippen molar-refractivity contribution in [2.75, 3.05) is 60.2 Å². The summed E-state index contributed by atoms with van der Waals surface area (Å²) in [5.74, 6) is -0.0800. The molecule has 28 heavy (non-hydrogen) atoms. The lowest BCUT2D eigenvalue weighted by Crippen LogP contribution is -2.52. The van der Waals surface area contributed by atoms with E-state index < -0.39 is 10.0 Å². The van der Waals surface area contributed by atoms with Crippen molar-refractivity contribution in [3.05, 3.63) is 29.8 Å². The summed E-state index contributed by atoms with van der Waals surface area (Å²) < 4.78 is 37.1. The summed E-state index contributed by atoms with van der Waals surface area (Å²) in [5, 5.41) is 3.25. The van der Waals surface area contributed by atoms with Crippen LogP contribution in [0, 0.1) is 0 Å². The third-order valence-electron chi connectivity index (χ3n) is 4.59. The molecule has 0 aromatic heterocycles. The Kier molecular flexibility index (Phi) is 10.4. The molecule has 0 unspecified atom stereocenters. The minimum Gasteiger partial charge on any atom is -0.383 e. The molecule has 1 aliphatic heterocycles. The Morgan fingerprint density at radius 3 is 2.25 bits per heavy atom. The summed E-state index contributed by atoms with van der Waals surface area (Å²) in [5.41, 5.74) is 0.489. The molecule has 0 bridgehead atoms. The molecule has 1 fully saturated rings. The number of sulfonamides is 1. The van der Waals surface area contributed by atoms with Gasteiger partial charge in [0.2, 0.25) is 10.0 Å². The quantitative estimate of drug-likeness (QED) is 0.618. The number of amides is 1. The second-order valence-electron chi connectivity index (χ2n) is 6.47. The first-order valence-electron chi connectivity index (χ1n) is 9.01. The predicted molar refractivity (Wildman–Crippen MR) is 110 cm³/mol. The van der Waals surface area contributed by atoms with Crippen molar-refractivity contribution < 1.29 is 22.7 Å². The monoisotopic (exact) mass is 435 g/mol. The lowest BCUT2D eigenvalue weighted by molar-refractivity contribution is 0.0655. The van der Waals surface area contributed by atoms with Crippen molar-refractivity contribution in [1.29, 1.82) is 0 Å². The maximum absolute atomic E-state index is 12.9. The summed E-state index contributed by atoms with van der Waals surface area (Å²) in [6.45, 7) is 5.21. The van der Waals surface area contributed by atoms with E-state index in [0.29, 0.717) is 25.3 Å². The van der Waals surface area contributed by atoms with E-state index in [2.05, 4.69) is 5.32 Å². The number of halogens is 1. The molecule has 1 amide bonds. The maximum Gasteiger partial charge on any atom is 0.254 e. The second-order valence-corrected chi connectivity index (χ2v) is 8.40. The smallest absolute Gasteiger partial charge is 0.254 e. The van der Waals surface area contributed by atoms with Gasteiger partial charge in [-0.1, -0.05) is 0 Å². The molecule has 0 aliphatic carbocycles. The second kappa shape index (κ2) is 11.7. The van der Waals surface area contributed by atoms with Gasteiger partial charge in [-0.05, 0) is 31.2 Å². The zero-order chi connectivity index (χ0) is 19.9. The number of nitrogens with one attached hydrogen (secondary N) is 1. The number of methoxy groups -OCH3 is 2. The van der Waals surface area contributed by atoms with Crippen molar-refractivity contribution >= 4 is 28.3 Å². The Balaban J connectivity index is 0.00000392. The highest BCUT2D eigenvalue weighted by Crippen LogP contribution is 2.18. The highest BCUT2D eigenvalue weighted by atomic mass is 35.5. The van der Waals surface area contributed by atoms with Crippen LogP contribution < -0.4 is 5.32 Å². The predicted octanol–water partition coefficient (Wildman–Crippen LogP) is 0.826. The number of piperazine rings is 1. The van der Waals surface area contributed by atoms with Gasteiger partial charge in [0.05, 0.1) is 18.1 Å². The number of hydrogen-bond acceptors (Lipinski definition) is 6. The number of benzene rings is 1. The third-order valence-corrected chi connectivity index (χ3v) is 6.50. The average Bonchev–Trinajstić information content (AvgIpc) is 2.68. The van der Waals surface area contributed by atoms with Crippen LogP contribution in [0.1, 0.15) is 17.3 Å². The van der Waals surface area contributed by atoms with Gasteiger partial charge in [-0.2, -0.15) is 4.31 Å². The molecule has 2 rings (SSSR count). The van der Waals surface area contributed by atoms with Gasteiger partial charge < -0.3 is 19.7 Å². The molecule has 0 saturated carbocycles. The van der Waals surface area contributed by atoms with Crippen molar-refractivity contribution in [2.24, 2.45) is 0 Å². The fourth-order valence-corrected chi connectivity index (χ4v) is 4.37. The molecular formula is C18H30ClN3O5S. The van der Waals surface area contributed by atoms with E-state index in [1.165, 1.54) is 30.7 Å². The van der Waals surface area contributed by atoms with Crippen LogP contribution in [0.25, 0.3) is 0 Å². The van der Waals surface area contributed by atoms with E-state index in [0.717, 1.165) is 13.1 Å². The molecule has 160 valence electrons.